The number of ether oxygens (including phenoxy) is 1. The molecule has 0 spiro atoms. The molecule has 0 radical (unpaired) electrons. The van der Waals surface area contributed by atoms with Gasteiger partial charge in [-0.25, -0.2) is 0 Å². The lowest BCUT2D eigenvalue weighted by atomic mass is 9.81. The molecular formula is C18H16O6. The van der Waals surface area contributed by atoms with Gasteiger partial charge in [-0.15, -0.1) is 0 Å². The van der Waals surface area contributed by atoms with Gasteiger partial charge in [0.25, 0.3) is 0 Å². The maximum absolute atomic E-state index is 12.8. The van der Waals surface area contributed by atoms with Gasteiger partial charge in [0, 0.05) is 17.0 Å². The van der Waals surface area contributed by atoms with Crippen molar-refractivity contribution < 1.29 is 24.5 Å². The summed E-state index contributed by atoms with van der Waals surface area (Å²) in [4.78, 5) is 12.8. The lowest BCUT2D eigenvalue weighted by Crippen LogP contribution is -2.29. The van der Waals surface area contributed by atoms with Crippen molar-refractivity contribution in [3.63, 3.8) is 0 Å². The number of hydrogen-bond donors (Lipinski definition) is 3. The van der Waals surface area contributed by atoms with Gasteiger partial charge in [-0.2, -0.15) is 0 Å². The Morgan fingerprint density at radius 3 is 2.50 bits per heavy atom. The van der Waals surface area contributed by atoms with Crippen LogP contribution in [0.4, 0.5) is 0 Å². The average Bonchev–Trinajstić information content (AvgIpc) is 2.72. The Kier molecular flexibility index (Phi) is 2.66. The Labute approximate surface area is 136 Å². The summed E-state index contributed by atoms with van der Waals surface area (Å²) in [6, 6.07) is 3.98. The normalized spacial score (nSPS) is 18.7. The van der Waals surface area contributed by atoms with E-state index in [0.29, 0.717) is 11.3 Å². The minimum absolute atomic E-state index is 0.0390. The van der Waals surface area contributed by atoms with Gasteiger partial charge in [0.1, 0.15) is 28.6 Å². The topological polar surface area (TPSA) is 100 Å². The first-order valence-corrected chi connectivity index (χ1v) is 7.58. The molecule has 0 saturated carbocycles. The third-order valence-electron chi connectivity index (χ3n) is 4.97. The molecule has 124 valence electrons. The van der Waals surface area contributed by atoms with Crippen molar-refractivity contribution in [2.75, 3.05) is 0 Å². The van der Waals surface area contributed by atoms with Crippen LogP contribution in [0.5, 0.6) is 23.0 Å². The highest BCUT2D eigenvalue weighted by Crippen LogP contribution is 2.49. The summed E-state index contributed by atoms with van der Waals surface area (Å²) in [6.07, 6.45) is -0.184. The standard InChI is InChI=1S/C18H16O6/c1-7-18(2,3)13-11(23-7)6-10(20)12-14(21)8-4-5-9(19)15(22)16(8)24-17(12)13/h4-7,19-20,22H,1-3H3. The number of fused-ring (bicyclic) bond motifs is 4. The molecule has 0 bridgehead atoms. The summed E-state index contributed by atoms with van der Waals surface area (Å²) in [5.74, 6) is -0.685. The van der Waals surface area contributed by atoms with Crippen molar-refractivity contribution in [3.8, 4) is 23.0 Å². The molecule has 0 fully saturated rings. The Bertz CT molecular complexity index is 1080. The Morgan fingerprint density at radius 1 is 1.08 bits per heavy atom. The molecule has 3 aromatic rings. The van der Waals surface area contributed by atoms with Gasteiger partial charge in [0.15, 0.2) is 11.3 Å². The molecule has 1 atom stereocenters. The number of phenolic OH excluding ortho intramolecular Hbond substituents is 3. The number of aromatic hydroxyl groups is 3. The van der Waals surface area contributed by atoms with Crippen LogP contribution in [-0.2, 0) is 5.41 Å². The van der Waals surface area contributed by atoms with Gasteiger partial charge in [0.2, 0.25) is 11.2 Å². The second-order valence-electron chi connectivity index (χ2n) is 6.70. The summed E-state index contributed by atoms with van der Waals surface area (Å²) in [7, 11) is 0. The lowest BCUT2D eigenvalue weighted by molar-refractivity contribution is 0.185. The number of benzene rings is 2. The van der Waals surface area contributed by atoms with Crippen molar-refractivity contribution in [3.05, 3.63) is 34.0 Å². The SMILES string of the molecule is CC1Oc2cc(O)c3c(=O)c4ccc(O)c(O)c4oc3c2C1(C)C. The smallest absolute Gasteiger partial charge is 0.204 e. The van der Waals surface area contributed by atoms with Crippen LogP contribution in [0.25, 0.3) is 21.9 Å². The largest absolute Gasteiger partial charge is 0.507 e. The summed E-state index contributed by atoms with van der Waals surface area (Å²) in [5.41, 5.74) is -0.229. The molecule has 1 aliphatic heterocycles. The molecular weight excluding hydrogens is 312 g/mol. The second kappa shape index (κ2) is 4.35. The van der Waals surface area contributed by atoms with Crippen molar-refractivity contribution >= 4 is 21.9 Å². The molecule has 1 aliphatic rings. The van der Waals surface area contributed by atoms with Gasteiger partial charge in [0.05, 0.1) is 5.39 Å². The van der Waals surface area contributed by atoms with Crippen LogP contribution < -0.4 is 10.2 Å². The van der Waals surface area contributed by atoms with Crippen LogP contribution in [-0.4, -0.2) is 21.4 Å². The molecule has 0 aliphatic carbocycles. The lowest BCUT2D eigenvalue weighted by Gasteiger charge is -2.22. The van der Waals surface area contributed by atoms with Crippen LogP contribution in [0, 0.1) is 0 Å². The first-order valence-electron chi connectivity index (χ1n) is 7.58. The minimum atomic E-state index is -0.506. The number of rotatable bonds is 0. The maximum atomic E-state index is 12.8. The Hall–Kier alpha value is -2.89. The summed E-state index contributed by atoms with van der Waals surface area (Å²) >= 11 is 0. The molecule has 6 nitrogen and oxygen atoms in total. The van der Waals surface area contributed by atoms with E-state index in [1.807, 2.05) is 20.8 Å². The summed E-state index contributed by atoms with van der Waals surface area (Å²) in [5, 5.41) is 30.2. The van der Waals surface area contributed by atoms with Crippen molar-refractivity contribution in [2.24, 2.45) is 0 Å². The predicted molar refractivity (Wildman–Crippen MR) is 88.1 cm³/mol. The average molecular weight is 328 g/mol. The van der Waals surface area contributed by atoms with Gasteiger partial charge in [-0.3, -0.25) is 4.79 Å². The van der Waals surface area contributed by atoms with Crippen molar-refractivity contribution in [2.45, 2.75) is 32.3 Å². The number of phenols is 3. The monoisotopic (exact) mass is 328 g/mol. The zero-order valence-electron chi connectivity index (χ0n) is 13.4. The second-order valence-corrected chi connectivity index (χ2v) is 6.70. The van der Waals surface area contributed by atoms with Crippen molar-refractivity contribution in [1.29, 1.82) is 0 Å². The van der Waals surface area contributed by atoms with E-state index in [-0.39, 0.29) is 39.5 Å². The third kappa shape index (κ3) is 1.62. The van der Waals surface area contributed by atoms with Crippen LogP contribution in [0.1, 0.15) is 26.3 Å². The van der Waals surface area contributed by atoms with E-state index in [1.54, 1.807) is 0 Å². The highest BCUT2D eigenvalue weighted by molar-refractivity contribution is 5.98. The van der Waals surface area contributed by atoms with Crippen molar-refractivity contribution in [1.82, 2.24) is 0 Å². The Balaban J connectivity index is 2.29. The quantitative estimate of drug-likeness (QED) is 0.433. The van der Waals surface area contributed by atoms with E-state index in [1.165, 1.54) is 18.2 Å². The van der Waals surface area contributed by atoms with E-state index < -0.39 is 16.6 Å². The number of hydrogen-bond acceptors (Lipinski definition) is 6. The fourth-order valence-electron chi connectivity index (χ4n) is 3.27. The molecule has 4 rings (SSSR count). The highest BCUT2D eigenvalue weighted by atomic mass is 16.5. The zero-order chi connectivity index (χ0) is 17.4. The first-order chi connectivity index (χ1) is 11.2. The molecule has 1 aromatic heterocycles. The zero-order valence-corrected chi connectivity index (χ0v) is 13.4. The van der Waals surface area contributed by atoms with E-state index >= 15 is 0 Å². The molecule has 0 saturated heterocycles. The van der Waals surface area contributed by atoms with E-state index in [9.17, 15) is 20.1 Å². The van der Waals surface area contributed by atoms with E-state index in [4.69, 9.17) is 9.15 Å². The van der Waals surface area contributed by atoms with Gasteiger partial charge < -0.3 is 24.5 Å². The fourth-order valence-corrected chi connectivity index (χ4v) is 3.27. The third-order valence-corrected chi connectivity index (χ3v) is 4.97. The van der Waals surface area contributed by atoms with Gasteiger partial charge in [-0.1, -0.05) is 13.8 Å². The van der Waals surface area contributed by atoms with Crippen LogP contribution in [0.15, 0.2) is 27.4 Å². The summed E-state index contributed by atoms with van der Waals surface area (Å²) < 4.78 is 11.6. The predicted octanol–water partition coefficient (Wildman–Crippen LogP) is 3.12. The maximum Gasteiger partial charge on any atom is 0.204 e. The minimum Gasteiger partial charge on any atom is -0.507 e. The molecule has 6 heteroatoms. The fraction of sp³-hybridized carbons (Fsp3) is 0.278. The van der Waals surface area contributed by atoms with E-state index in [2.05, 4.69) is 0 Å². The summed E-state index contributed by atoms with van der Waals surface area (Å²) in [6.45, 7) is 5.80. The molecule has 24 heavy (non-hydrogen) atoms. The van der Waals surface area contributed by atoms with Gasteiger partial charge in [-0.05, 0) is 19.1 Å². The molecule has 3 N–H and O–H groups in total. The highest BCUT2D eigenvalue weighted by Gasteiger charge is 2.42. The molecule has 1 unspecified atom stereocenters. The first kappa shape index (κ1) is 14.7. The van der Waals surface area contributed by atoms with Crippen LogP contribution >= 0.6 is 0 Å². The van der Waals surface area contributed by atoms with Crippen LogP contribution in [0.2, 0.25) is 0 Å². The van der Waals surface area contributed by atoms with Crippen LogP contribution in [0.3, 0.4) is 0 Å². The molecule has 0 amide bonds. The Morgan fingerprint density at radius 2 is 1.79 bits per heavy atom. The molecule has 2 heterocycles. The van der Waals surface area contributed by atoms with Gasteiger partial charge >= 0.3 is 0 Å². The van der Waals surface area contributed by atoms with E-state index in [0.717, 1.165) is 0 Å². The molecule has 2 aromatic carbocycles.